The molecule has 3 heteroatoms. The van der Waals surface area contributed by atoms with Crippen molar-refractivity contribution >= 4 is 0 Å². The maximum absolute atomic E-state index is 4.70. The zero-order valence-electron chi connectivity index (χ0n) is 11.4. The summed E-state index contributed by atoms with van der Waals surface area (Å²) in [5, 5.41) is 3.56. The Morgan fingerprint density at radius 3 is 2.88 bits per heavy atom. The highest BCUT2D eigenvalue weighted by atomic mass is 15.1. The van der Waals surface area contributed by atoms with Crippen LogP contribution in [0.4, 0.5) is 0 Å². The second-order valence-electron chi connectivity index (χ2n) is 5.17. The highest BCUT2D eigenvalue weighted by Crippen LogP contribution is 2.21. The normalized spacial score (nSPS) is 16.9. The molecule has 0 saturated carbocycles. The van der Waals surface area contributed by atoms with Crippen molar-refractivity contribution in [2.45, 2.75) is 65.5 Å². The van der Waals surface area contributed by atoms with Gasteiger partial charge in [-0.2, -0.15) is 0 Å². The smallest absolute Gasteiger partial charge is 0.106 e. The van der Waals surface area contributed by atoms with Crippen LogP contribution in [0.2, 0.25) is 0 Å². The van der Waals surface area contributed by atoms with Crippen LogP contribution in [-0.4, -0.2) is 22.1 Å². The summed E-state index contributed by atoms with van der Waals surface area (Å²) in [6.07, 6.45) is 6.24. The molecule has 0 aromatic carbocycles. The summed E-state index contributed by atoms with van der Waals surface area (Å²) in [5.41, 5.74) is 2.86. The first kappa shape index (κ1) is 12.6. The molecule has 0 spiro atoms. The van der Waals surface area contributed by atoms with E-state index in [9.17, 15) is 0 Å². The van der Waals surface area contributed by atoms with Crippen LogP contribution in [0, 0.1) is 6.92 Å². The number of aromatic nitrogens is 2. The SMILES string of the molecule is CCC(C)NCCn1c(C)nc2c1CCCC2. The highest BCUT2D eigenvalue weighted by molar-refractivity contribution is 5.19. The van der Waals surface area contributed by atoms with Gasteiger partial charge in [-0.1, -0.05) is 6.92 Å². The van der Waals surface area contributed by atoms with Crippen LogP contribution in [0.25, 0.3) is 0 Å². The van der Waals surface area contributed by atoms with Gasteiger partial charge in [0.25, 0.3) is 0 Å². The van der Waals surface area contributed by atoms with Crippen LogP contribution in [0.1, 0.15) is 50.3 Å². The number of imidazole rings is 1. The molecule has 2 rings (SSSR count). The van der Waals surface area contributed by atoms with Crippen molar-refractivity contribution in [3.05, 3.63) is 17.2 Å². The molecule has 96 valence electrons. The fourth-order valence-electron chi connectivity index (χ4n) is 2.60. The Balaban J connectivity index is 1.98. The fraction of sp³-hybridized carbons (Fsp3) is 0.786. The van der Waals surface area contributed by atoms with E-state index in [-0.39, 0.29) is 0 Å². The minimum Gasteiger partial charge on any atom is -0.331 e. The second-order valence-corrected chi connectivity index (χ2v) is 5.17. The number of aryl methyl sites for hydroxylation is 2. The summed E-state index contributed by atoms with van der Waals surface area (Å²) >= 11 is 0. The van der Waals surface area contributed by atoms with E-state index >= 15 is 0 Å². The van der Waals surface area contributed by atoms with Gasteiger partial charge >= 0.3 is 0 Å². The summed E-state index contributed by atoms with van der Waals surface area (Å²) in [6.45, 7) is 8.73. The molecule has 1 aliphatic rings. The first-order valence-electron chi connectivity index (χ1n) is 7.00. The van der Waals surface area contributed by atoms with E-state index in [2.05, 4.69) is 30.7 Å². The zero-order chi connectivity index (χ0) is 12.3. The van der Waals surface area contributed by atoms with Gasteiger partial charge in [-0.3, -0.25) is 0 Å². The van der Waals surface area contributed by atoms with E-state index in [1.165, 1.54) is 49.3 Å². The van der Waals surface area contributed by atoms with E-state index < -0.39 is 0 Å². The van der Waals surface area contributed by atoms with Gasteiger partial charge in [-0.25, -0.2) is 4.98 Å². The van der Waals surface area contributed by atoms with Crippen molar-refractivity contribution in [3.63, 3.8) is 0 Å². The predicted octanol–water partition coefficient (Wildman–Crippen LogP) is 2.46. The molecule has 1 aliphatic carbocycles. The average molecular weight is 235 g/mol. The first-order chi connectivity index (χ1) is 8.22. The van der Waals surface area contributed by atoms with Crippen molar-refractivity contribution in [2.24, 2.45) is 0 Å². The quantitative estimate of drug-likeness (QED) is 0.849. The van der Waals surface area contributed by atoms with Crippen LogP contribution < -0.4 is 5.32 Å². The molecule has 0 aliphatic heterocycles. The average Bonchev–Trinajstić information content (AvgIpc) is 2.66. The summed E-state index contributed by atoms with van der Waals surface area (Å²) < 4.78 is 2.42. The second kappa shape index (κ2) is 5.67. The van der Waals surface area contributed by atoms with E-state index in [0.29, 0.717) is 6.04 Å². The van der Waals surface area contributed by atoms with Gasteiger partial charge in [0.1, 0.15) is 5.82 Å². The lowest BCUT2D eigenvalue weighted by molar-refractivity contribution is 0.491. The lowest BCUT2D eigenvalue weighted by Crippen LogP contribution is -2.29. The monoisotopic (exact) mass is 235 g/mol. The van der Waals surface area contributed by atoms with Gasteiger partial charge in [0.15, 0.2) is 0 Å². The van der Waals surface area contributed by atoms with Crippen LogP contribution >= 0.6 is 0 Å². The lowest BCUT2D eigenvalue weighted by Gasteiger charge is -2.16. The van der Waals surface area contributed by atoms with Crippen molar-refractivity contribution in [3.8, 4) is 0 Å². The van der Waals surface area contributed by atoms with E-state index in [0.717, 1.165) is 13.1 Å². The molecule has 1 heterocycles. The molecular formula is C14H25N3. The molecule has 0 bridgehead atoms. The van der Waals surface area contributed by atoms with Gasteiger partial charge in [0.2, 0.25) is 0 Å². The maximum Gasteiger partial charge on any atom is 0.106 e. The molecule has 1 unspecified atom stereocenters. The molecule has 1 aromatic rings. The zero-order valence-corrected chi connectivity index (χ0v) is 11.4. The van der Waals surface area contributed by atoms with Crippen molar-refractivity contribution < 1.29 is 0 Å². The Kier molecular flexibility index (Phi) is 4.21. The van der Waals surface area contributed by atoms with Crippen LogP contribution in [-0.2, 0) is 19.4 Å². The molecule has 0 amide bonds. The van der Waals surface area contributed by atoms with Crippen LogP contribution in [0.3, 0.4) is 0 Å². The van der Waals surface area contributed by atoms with Gasteiger partial charge < -0.3 is 9.88 Å². The van der Waals surface area contributed by atoms with Crippen LogP contribution in [0.15, 0.2) is 0 Å². The summed E-state index contributed by atoms with van der Waals surface area (Å²) in [5.74, 6) is 1.20. The maximum atomic E-state index is 4.70. The largest absolute Gasteiger partial charge is 0.331 e. The fourth-order valence-corrected chi connectivity index (χ4v) is 2.60. The molecule has 1 aromatic heterocycles. The third-order valence-electron chi connectivity index (χ3n) is 3.86. The Hall–Kier alpha value is -0.830. The molecule has 17 heavy (non-hydrogen) atoms. The molecule has 3 nitrogen and oxygen atoms in total. The van der Waals surface area contributed by atoms with Gasteiger partial charge in [0.05, 0.1) is 5.69 Å². The minimum absolute atomic E-state index is 0.620. The topological polar surface area (TPSA) is 29.9 Å². The Labute approximate surface area is 105 Å². The molecule has 1 atom stereocenters. The number of nitrogens with one attached hydrogen (secondary N) is 1. The third kappa shape index (κ3) is 2.89. The van der Waals surface area contributed by atoms with Gasteiger partial charge in [0, 0.05) is 24.8 Å². The minimum atomic E-state index is 0.620. The third-order valence-corrected chi connectivity index (χ3v) is 3.86. The number of rotatable bonds is 5. The van der Waals surface area contributed by atoms with Crippen molar-refractivity contribution in [1.29, 1.82) is 0 Å². The van der Waals surface area contributed by atoms with Gasteiger partial charge in [-0.05, 0) is 46.0 Å². The molecule has 1 N–H and O–H groups in total. The van der Waals surface area contributed by atoms with Crippen LogP contribution in [0.5, 0.6) is 0 Å². The first-order valence-corrected chi connectivity index (χ1v) is 7.00. The highest BCUT2D eigenvalue weighted by Gasteiger charge is 2.17. The molecule has 0 fully saturated rings. The van der Waals surface area contributed by atoms with E-state index in [1.54, 1.807) is 0 Å². The van der Waals surface area contributed by atoms with E-state index in [1.807, 2.05) is 0 Å². The Bertz CT molecular complexity index is 368. The number of hydrogen-bond donors (Lipinski definition) is 1. The number of nitrogens with zero attached hydrogens (tertiary/aromatic N) is 2. The Morgan fingerprint density at radius 1 is 1.35 bits per heavy atom. The molecule has 0 radical (unpaired) electrons. The molecule has 0 saturated heterocycles. The summed E-state index contributed by atoms with van der Waals surface area (Å²) in [4.78, 5) is 4.70. The standard InChI is InChI=1S/C14H25N3/c1-4-11(2)15-9-10-17-12(3)16-13-7-5-6-8-14(13)17/h11,15H,4-10H2,1-3H3. The van der Waals surface area contributed by atoms with Gasteiger partial charge in [-0.15, -0.1) is 0 Å². The Morgan fingerprint density at radius 2 is 2.12 bits per heavy atom. The number of fused-ring (bicyclic) bond motifs is 1. The summed E-state index contributed by atoms with van der Waals surface area (Å²) in [7, 11) is 0. The van der Waals surface area contributed by atoms with Crippen molar-refractivity contribution in [1.82, 2.24) is 14.9 Å². The molecular weight excluding hydrogens is 210 g/mol. The predicted molar refractivity (Wildman–Crippen MR) is 71.4 cm³/mol. The van der Waals surface area contributed by atoms with Crippen molar-refractivity contribution in [2.75, 3.05) is 6.54 Å². The number of hydrogen-bond acceptors (Lipinski definition) is 2. The van der Waals surface area contributed by atoms with E-state index in [4.69, 9.17) is 4.98 Å². The summed E-state index contributed by atoms with van der Waals surface area (Å²) in [6, 6.07) is 0.620. The lowest BCUT2D eigenvalue weighted by atomic mass is 10.0.